The minimum absolute atomic E-state index is 0.152. The number of carbonyl (C=O) groups is 2. The zero-order valence-electron chi connectivity index (χ0n) is 9.73. The third-order valence-corrected chi connectivity index (χ3v) is 2.93. The summed E-state index contributed by atoms with van der Waals surface area (Å²) in [5, 5.41) is 11.9. The smallest absolute Gasteiger partial charge is 0.320 e. The van der Waals surface area contributed by atoms with Crippen molar-refractivity contribution in [2.24, 2.45) is 5.73 Å². The first-order valence-electron chi connectivity index (χ1n) is 5.27. The van der Waals surface area contributed by atoms with Crippen LogP contribution in [0, 0.1) is 0 Å². The summed E-state index contributed by atoms with van der Waals surface area (Å²) in [5.41, 5.74) is 5.09. The minimum atomic E-state index is -0.878. The average Bonchev–Trinajstić information content (AvgIpc) is 2.21. The van der Waals surface area contributed by atoms with Crippen LogP contribution in [0.2, 0.25) is 0 Å². The normalized spacial score (nSPS) is 14.4. The zero-order valence-corrected chi connectivity index (χ0v) is 10.5. The number of rotatable bonds is 9. The third kappa shape index (κ3) is 6.68. The van der Waals surface area contributed by atoms with E-state index >= 15 is 0 Å². The van der Waals surface area contributed by atoms with Crippen LogP contribution in [0.3, 0.4) is 0 Å². The molecule has 5 nitrogen and oxygen atoms in total. The Labute approximate surface area is 100 Å². The maximum absolute atomic E-state index is 11.0. The minimum Gasteiger partial charge on any atom is -0.480 e. The van der Waals surface area contributed by atoms with Crippen molar-refractivity contribution in [2.45, 2.75) is 38.3 Å². The second-order valence-electron chi connectivity index (χ2n) is 3.61. The van der Waals surface area contributed by atoms with Crippen molar-refractivity contribution in [3.63, 3.8) is 0 Å². The molecule has 6 heteroatoms. The molecule has 1 amide bonds. The molecule has 1 unspecified atom stereocenters. The van der Waals surface area contributed by atoms with Gasteiger partial charge in [-0.3, -0.25) is 9.59 Å². The second kappa shape index (κ2) is 8.41. The summed E-state index contributed by atoms with van der Waals surface area (Å²) in [4.78, 5) is 21.7. The van der Waals surface area contributed by atoms with Crippen molar-refractivity contribution in [1.29, 1.82) is 0 Å². The van der Waals surface area contributed by atoms with Gasteiger partial charge in [0, 0.05) is 12.5 Å². The van der Waals surface area contributed by atoms with E-state index in [0.29, 0.717) is 12.8 Å². The van der Waals surface area contributed by atoms with E-state index in [1.54, 1.807) is 11.8 Å². The Hall–Kier alpha value is -0.750. The summed E-state index contributed by atoms with van der Waals surface area (Å²) in [6.45, 7) is 1.90. The van der Waals surface area contributed by atoms with Gasteiger partial charge in [0.05, 0.1) is 0 Å². The molecule has 0 aliphatic heterocycles. The average molecular weight is 248 g/mol. The first-order chi connectivity index (χ1) is 7.51. The lowest BCUT2D eigenvalue weighted by atomic mass is 10.1. The van der Waals surface area contributed by atoms with Gasteiger partial charge in [-0.05, 0) is 24.9 Å². The van der Waals surface area contributed by atoms with E-state index in [1.807, 2.05) is 13.2 Å². The van der Waals surface area contributed by atoms with Crippen LogP contribution < -0.4 is 11.1 Å². The fourth-order valence-electron chi connectivity index (χ4n) is 1.36. The molecule has 0 aliphatic rings. The van der Waals surface area contributed by atoms with E-state index < -0.39 is 17.9 Å². The number of carbonyl (C=O) groups excluding carboxylic acids is 1. The predicted molar refractivity (Wildman–Crippen MR) is 65.4 cm³/mol. The highest BCUT2D eigenvalue weighted by Crippen LogP contribution is 2.05. The number of carboxylic acids is 1. The van der Waals surface area contributed by atoms with Gasteiger partial charge in [0.15, 0.2) is 0 Å². The van der Waals surface area contributed by atoms with Crippen LogP contribution in [0.1, 0.15) is 26.2 Å². The molecule has 0 aliphatic carbocycles. The number of carboxylic acid groups (broad SMARTS) is 1. The van der Waals surface area contributed by atoms with Gasteiger partial charge in [0.1, 0.15) is 6.04 Å². The van der Waals surface area contributed by atoms with Gasteiger partial charge in [-0.2, -0.15) is 11.8 Å². The first kappa shape index (κ1) is 15.2. The van der Waals surface area contributed by atoms with Crippen molar-refractivity contribution < 1.29 is 14.7 Å². The number of aliphatic carboxylic acids is 1. The highest BCUT2D eigenvalue weighted by molar-refractivity contribution is 7.98. The van der Waals surface area contributed by atoms with Crippen LogP contribution in [-0.4, -0.2) is 41.1 Å². The molecule has 0 radical (unpaired) electrons. The standard InChI is InChI=1S/C10H20N2O3S/c1-3-7(6-9(11)13)12-8(10(14)15)4-5-16-2/h7-8,12H,3-6H2,1-2H3,(H2,11,13)(H,14,15)/t7?,8-/m0/s1. The molecule has 0 heterocycles. The van der Waals surface area contributed by atoms with E-state index in [9.17, 15) is 9.59 Å². The second-order valence-corrected chi connectivity index (χ2v) is 4.60. The van der Waals surface area contributed by atoms with Gasteiger partial charge >= 0.3 is 5.97 Å². The van der Waals surface area contributed by atoms with Crippen molar-refractivity contribution in [3.8, 4) is 0 Å². The van der Waals surface area contributed by atoms with Crippen LogP contribution in [-0.2, 0) is 9.59 Å². The van der Waals surface area contributed by atoms with Crippen LogP contribution >= 0.6 is 11.8 Å². The number of thioether (sulfide) groups is 1. The molecule has 0 fully saturated rings. The Morgan fingerprint density at radius 1 is 1.50 bits per heavy atom. The van der Waals surface area contributed by atoms with E-state index in [1.165, 1.54) is 0 Å². The number of nitrogens with two attached hydrogens (primary N) is 1. The third-order valence-electron chi connectivity index (χ3n) is 2.29. The van der Waals surface area contributed by atoms with Crippen LogP contribution in [0.25, 0.3) is 0 Å². The molecule has 0 saturated heterocycles. The molecule has 94 valence electrons. The van der Waals surface area contributed by atoms with Crippen molar-refractivity contribution in [2.75, 3.05) is 12.0 Å². The van der Waals surface area contributed by atoms with Gasteiger partial charge in [-0.25, -0.2) is 0 Å². The highest BCUT2D eigenvalue weighted by Gasteiger charge is 2.21. The summed E-state index contributed by atoms with van der Waals surface area (Å²) in [5.74, 6) is -0.512. The number of nitrogens with one attached hydrogen (secondary N) is 1. The molecule has 0 saturated carbocycles. The maximum Gasteiger partial charge on any atom is 0.320 e. The van der Waals surface area contributed by atoms with Crippen LogP contribution in [0.4, 0.5) is 0 Å². The topological polar surface area (TPSA) is 92.4 Å². The summed E-state index contributed by atoms with van der Waals surface area (Å²) >= 11 is 1.60. The zero-order chi connectivity index (χ0) is 12.6. The summed E-state index contributed by atoms with van der Waals surface area (Å²) < 4.78 is 0. The quantitative estimate of drug-likeness (QED) is 0.550. The lowest BCUT2D eigenvalue weighted by molar-refractivity contribution is -0.140. The number of hydrogen-bond donors (Lipinski definition) is 3. The summed E-state index contributed by atoms with van der Waals surface area (Å²) in [6, 6.07) is -0.753. The predicted octanol–water partition coefficient (Wildman–Crippen LogP) is 0.436. The van der Waals surface area contributed by atoms with E-state index in [4.69, 9.17) is 10.8 Å². The van der Waals surface area contributed by atoms with Crippen molar-refractivity contribution in [3.05, 3.63) is 0 Å². The molecule has 0 aromatic rings. The lowest BCUT2D eigenvalue weighted by Crippen LogP contribution is -2.45. The SMILES string of the molecule is CCC(CC(N)=O)N[C@@H](CCSC)C(=O)O. The van der Waals surface area contributed by atoms with Crippen LogP contribution in [0.15, 0.2) is 0 Å². The van der Waals surface area contributed by atoms with Crippen molar-refractivity contribution >= 4 is 23.6 Å². The van der Waals surface area contributed by atoms with E-state index in [0.717, 1.165) is 5.75 Å². The molecule has 0 aromatic heterocycles. The summed E-state index contributed by atoms with van der Waals surface area (Å²) in [7, 11) is 0. The molecule has 4 N–H and O–H groups in total. The fourth-order valence-corrected chi connectivity index (χ4v) is 1.83. The Morgan fingerprint density at radius 3 is 2.50 bits per heavy atom. The Morgan fingerprint density at radius 2 is 2.12 bits per heavy atom. The Balaban J connectivity index is 4.22. The van der Waals surface area contributed by atoms with Gasteiger partial charge in [0.25, 0.3) is 0 Å². The highest BCUT2D eigenvalue weighted by atomic mass is 32.2. The Kier molecular flexibility index (Phi) is 8.01. The molecule has 0 aromatic carbocycles. The first-order valence-corrected chi connectivity index (χ1v) is 6.66. The molecule has 0 spiro atoms. The molecule has 2 atom stereocenters. The largest absolute Gasteiger partial charge is 0.480 e. The molecule has 16 heavy (non-hydrogen) atoms. The van der Waals surface area contributed by atoms with Gasteiger partial charge in [-0.15, -0.1) is 0 Å². The molecular formula is C10H20N2O3S. The van der Waals surface area contributed by atoms with Crippen molar-refractivity contribution in [1.82, 2.24) is 5.32 Å². The number of amides is 1. The molecule has 0 bridgehead atoms. The van der Waals surface area contributed by atoms with Crippen LogP contribution in [0.5, 0.6) is 0 Å². The number of primary amides is 1. The van der Waals surface area contributed by atoms with Gasteiger partial charge < -0.3 is 16.2 Å². The molecular weight excluding hydrogens is 228 g/mol. The van der Waals surface area contributed by atoms with E-state index in [-0.39, 0.29) is 12.5 Å². The lowest BCUT2D eigenvalue weighted by Gasteiger charge is -2.21. The number of hydrogen-bond acceptors (Lipinski definition) is 4. The maximum atomic E-state index is 11.0. The fraction of sp³-hybridized carbons (Fsp3) is 0.800. The van der Waals surface area contributed by atoms with Gasteiger partial charge in [0.2, 0.25) is 5.91 Å². The Bertz CT molecular complexity index is 236. The monoisotopic (exact) mass is 248 g/mol. The summed E-state index contributed by atoms with van der Waals surface area (Å²) in [6.07, 6.45) is 3.34. The van der Waals surface area contributed by atoms with Gasteiger partial charge in [-0.1, -0.05) is 6.92 Å². The molecule has 0 rings (SSSR count). The van der Waals surface area contributed by atoms with E-state index in [2.05, 4.69) is 5.32 Å².